The number of hydrogen-bond acceptors (Lipinski definition) is 5. The average molecular weight is 484 g/mol. The predicted octanol–water partition coefficient (Wildman–Crippen LogP) is 5.30. The standard InChI is InChI=1S/C23H19BrFN3O3/c1-12-2-3-13(8-18(12)25)11-28-19-9-15(29)6-7-16(19)21(24)17(10-20(28)30)23-27-26-22(31-23)14-4-5-14/h2-3,6-9,14,29H,4-5,10-11H2,1H3. The molecule has 0 saturated heterocycles. The molecule has 158 valence electrons. The fourth-order valence-electron chi connectivity index (χ4n) is 3.66. The second-order valence-corrected chi connectivity index (χ2v) is 8.75. The van der Waals surface area contributed by atoms with Gasteiger partial charge in [0.05, 0.1) is 18.7 Å². The molecule has 1 N–H and O–H groups in total. The van der Waals surface area contributed by atoms with Gasteiger partial charge in [-0.15, -0.1) is 10.2 Å². The van der Waals surface area contributed by atoms with E-state index in [1.54, 1.807) is 36.1 Å². The minimum absolute atomic E-state index is 0.0245. The summed E-state index contributed by atoms with van der Waals surface area (Å²) in [5.74, 6) is 0.697. The number of carbonyl (C=O) groups is 1. The van der Waals surface area contributed by atoms with E-state index >= 15 is 0 Å². The molecule has 31 heavy (non-hydrogen) atoms. The van der Waals surface area contributed by atoms with E-state index in [1.165, 1.54) is 12.1 Å². The third-order valence-electron chi connectivity index (χ3n) is 5.60. The largest absolute Gasteiger partial charge is 0.508 e. The highest BCUT2D eigenvalue weighted by Gasteiger charge is 2.33. The number of benzene rings is 2. The molecule has 1 aromatic heterocycles. The number of aryl methyl sites for hydroxylation is 1. The Kier molecular flexibility index (Phi) is 4.89. The van der Waals surface area contributed by atoms with Crippen molar-refractivity contribution in [3.63, 3.8) is 0 Å². The van der Waals surface area contributed by atoms with E-state index in [2.05, 4.69) is 26.1 Å². The summed E-state index contributed by atoms with van der Waals surface area (Å²) in [6.45, 7) is 1.86. The lowest BCUT2D eigenvalue weighted by Gasteiger charge is -2.24. The van der Waals surface area contributed by atoms with Crippen LogP contribution in [0.1, 0.15) is 53.7 Å². The number of anilines is 1. The summed E-state index contributed by atoms with van der Waals surface area (Å²) in [7, 11) is 0. The Morgan fingerprint density at radius 3 is 2.77 bits per heavy atom. The van der Waals surface area contributed by atoms with Gasteiger partial charge in [0.1, 0.15) is 11.6 Å². The number of carbonyl (C=O) groups excluding carboxylic acids is 1. The molecule has 0 bridgehead atoms. The lowest BCUT2D eigenvalue weighted by Crippen LogP contribution is -2.30. The van der Waals surface area contributed by atoms with Crippen LogP contribution in [0.4, 0.5) is 10.1 Å². The SMILES string of the molecule is Cc1ccc(CN2C(=O)CC(c3nnc(C4CC4)o3)=C(Br)c3ccc(O)cc32)cc1F. The first-order valence-electron chi connectivity index (χ1n) is 10.0. The summed E-state index contributed by atoms with van der Waals surface area (Å²) in [4.78, 5) is 14.9. The van der Waals surface area contributed by atoms with Crippen LogP contribution < -0.4 is 4.90 Å². The molecule has 8 heteroatoms. The van der Waals surface area contributed by atoms with Gasteiger partial charge in [-0.2, -0.15) is 0 Å². The first kappa shape index (κ1) is 19.9. The normalized spacial score (nSPS) is 16.5. The monoisotopic (exact) mass is 483 g/mol. The van der Waals surface area contributed by atoms with Crippen LogP contribution in [0.15, 0.2) is 40.8 Å². The van der Waals surface area contributed by atoms with Gasteiger partial charge in [0.25, 0.3) is 0 Å². The molecule has 0 spiro atoms. The molecular formula is C23H19BrFN3O3. The fraction of sp³-hybridized carbons (Fsp3) is 0.261. The van der Waals surface area contributed by atoms with Crippen molar-refractivity contribution in [1.82, 2.24) is 10.2 Å². The molecule has 1 aliphatic heterocycles. The Labute approximate surface area is 186 Å². The maximum absolute atomic E-state index is 14.1. The third-order valence-corrected chi connectivity index (χ3v) is 6.51. The molecule has 0 atom stereocenters. The number of phenols is 1. The lowest BCUT2D eigenvalue weighted by atomic mass is 10.1. The van der Waals surface area contributed by atoms with Crippen molar-refractivity contribution in [3.05, 3.63) is 70.7 Å². The maximum atomic E-state index is 14.1. The smallest absolute Gasteiger partial charge is 0.245 e. The van der Waals surface area contributed by atoms with Crippen molar-refractivity contribution in [3.8, 4) is 5.75 Å². The molecule has 5 rings (SSSR count). The van der Waals surface area contributed by atoms with E-state index < -0.39 is 0 Å². The van der Waals surface area contributed by atoms with Gasteiger partial charge in [-0.25, -0.2) is 4.39 Å². The van der Waals surface area contributed by atoms with Crippen LogP contribution in [0.3, 0.4) is 0 Å². The highest BCUT2D eigenvalue weighted by atomic mass is 79.9. The minimum Gasteiger partial charge on any atom is -0.508 e. The van der Waals surface area contributed by atoms with Gasteiger partial charge in [-0.1, -0.05) is 12.1 Å². The van der Waals surface area contributed by atoms with Crippen LogP contribution in [0.2, 0.25) is 0 Å². The van der Waals surface area contributed by atoms with Crippen molar-refractivity contribution >= 4 is 37.6 Å². The van der Waals surface area contributed by atoms with Crippen LogP contribution in [-0.2, 0) is 11.3 Å². The summed E-state index contributed by atoms with van der Waals surface area (Å²) in [5.41, 5.74) is 3.01. The number of amides is 1. The quantitative estimate of drug-likeness (QED) is 0.544. The number of fused-ring (bicyclic) bond motifs is 1. The number of aromatic nitrogens is 2. The Hall–Kier alpha value is -3.00. The molecular weight excluding hydrogens is 465 g/mol. The van der Waals surface area contributed by atoms with Crippen LogP contribution >= 0.6 is 15.9 Å². The van der Waals surface area contributed by atoms with Gasteiger partial charge in [0.2, 0.25) is 17.7 Å². The Morgan fingerprint density at radius 1 is 1.23 bits per heavy atom. The number of nitrogens with zero attached hydrogens (tertiary/aromatic N) is 3. The predicted molar refractivity (Wildman–Crippen MR) is 117 cm³/mol. The minimum atomic E-state index is -0.325. The molecule has 2 aliphatic rings. The van der Waals surface area contributed by atoms with Crippen molar-refractivity contribution in [1.29, 1.82) is 0 Å². The zero-order chi connectivity index (χ0) is 21.7. The highest BCUT2D eigenvalue weighted by Crippen LogP contribution is 2.44. The van der Waals surface area contributed by atoms with Gasteiger partial charge in [0, 0.05) is 27.6 Å². The zero-order valence-corrected chi connectivity index (χ0v) is 18.3. The topological polar surface area (TPSA) is 79.5 Å². The lowest BCUT2D eigenvalue weighted by molar-refractivity contribution is -0.117. The summed E-state index contributed by atoms with van der Waals surface area (Å²) in [6, 6.07) is 9.73. The summed E-state index contributed by atoms with van der Waals surface area (Å²) < 4.78 is 20.6. The first-order chi connectivity index (χ1) is 14.9. The Bertz CT molecular complexity index is 1230. The summed E-state index contributed by atoms with van der Waals surface area (Å²) in [5, 5.41) is 18.4. The molecule has 2 heterocycles. The zero-order valence-electron chi connectivity index (χ0n) is 16.7. The summed E-state index contributed by atoms with van der Waals surface area (Å²) in [6.07, 6.45) is 2.09. The van der Waals surface area contributed by atoms with E-state index in [0.29, 0.717) is 50.1 Å². The van der Waals surface area contributed by atoms with Crippen LogP contribution in [0, 0.1) is 12.7 Å². The molecule has 1 aliphatic carbocycles. The van der Waals surface area contributed by atoms with Crippen molar-refractivity contribution < 1.29 is 18.7 Å². The molecule has 0 unspecified atom stereocenters. The van der Waals surface area contributed by atoms with Gasteiger partial charge in [-0.05, 0) is 65.0 Å². The summed E-state index contributed by atoms with van der Waals surface area (Å²) >= 11 is 3.62. The molecule has 6 nitrogen and oxygen atoms in total. The number of aromatic hydroxyl groups is 1. The van der Waals surface area contributed by atoms with E-state index in [1.807, 2.05) is 0 Å². The molecule has 1 amide bonds. The Morgan fingerprint density at radius 2 is 2.03 bits per heavy atom. The average Bonchev–Trinajstić information content (AvgIpc) is 3.50. The van der Waals surface area contributed by atoms with Gasteiger partial charge in [-0.3, -0.25) is 4.79 Å². The second-order valence-electron chi connectivity index (χ2n) is 7.95. The maximum Gasteiger partial charge on any atom is 0.245 e. The highest BCUT2D eigenvalue weighted by molar-refractivity contribution is 9.15. The molecule has 1 saturated carbocycles. The van der Waals surface area contributed by atoms with Crippen LogP contribution in [0.25, 0.3) is 10.1 Å². The second kappa shape index (κ2) is 7.60. The van der Waals surface area contributed by atoms with Gasteiger partial charge in [0.15, 0.2) is 0 Å². The fourth-order valence-corrected chi connectivity index (χ4v) is 4.31. The molecule has 2 aromatic carbocycles. The van der Waals surface area contributed by atoms with Crippen molar-refractivity contribution in [2.24, 2.45) is 0 Å². The van der Waals surface area contributed by atoms with Crippen LogP contribution in [0.5, 0.6) is 5.75 Å². The molecule has 1 fully saturated rings. The van der Waals surface area contributed by atoms with E-state index in [9.17, 15) is 14.3 Å². The number of hydrogen-bond donors (Lipinski definition) is 1. The number of rotatable bonds is 4. The third kappa shape index (κ3) is 3.76. The van der Waals surface area contributed by atoms with Crippen molar-refractivity contribution in [2.75, 3.05) is 4.90 Å². The van der Waals surface area contributed by atoms with Crippen molar-refractivity contribution in [2.45, 2.75) is 38.6 Å². The van der Waals surface area contributed by atoms with E-state index in [4.69, 9.17) is 4.42 Å². The molecule has 0 radical (unpaired) electrons. The van der Waals surface area contributed by atoms with E-state index in [-0.39, 0.29) is 30.4 Å². The number of phenolic OH excluding ortho intramolecular Hbond substituents is 1. The Balaban J connectivity index is 1.57. The van der Waals surface area contributed by atoms with Crippen LogP contribution in [-0.4, -0.2) is 21.2 Å². The molecule has 3 aromatic rings. The van der Waals surface area contributed by atoms with Gasteiger partial charge >= 0.3 is 0 Å². The van der Waals surface area contributed by atoms with E-state index in [0.717, 1.165) is 12.8 Å². The number of halogens is 2. The first-order valence-corrected chi connectivity index (χ1v) is 10.8. The van der Waals surface area contributed by atoms with Gasteiger partial charge < -0.3 is 14.4 Å².